The minimum atomic E-state index is -3.41. The molecule has 0 radical (unpaired) electrons. The van der Waals surface area contributed by atoms with Gasteiger partial charge >= 0.3 is 5.97 Å². The van der Waals surface area contributed by atoms with Crippen molar-refractivity contribution >= 4 is 15.8 Å². The van der Waals surface area contributed by atoms with Crippen LogP contribution in [0.5, 0.6) is 0 Å². The number of hydrogen-bond donors (Lipinski definition) is 1. The van der Waals surface area contributed by atoms with Crippen LogP contribution in [0.15, 0.2) is 21.6 Å². The molecule has 1 saturated carbocycles. The van der Waals surface area contributed by atoms with Crippen LogP contribution in [0.4, 0.5) is 0 Å². The van der Waals surface area contributed by atoms with Crippen LogP contribution < -0.4 is 0 Å². The van der Waals surface area contributed by atoms with Gasteiger partial charge in [0.1, 0.15) is 0 Å². The number of aromatic carboxylic acids is 1. The molecule has 0 bridgehead atoms. The molecule has 0 saturated heterocycles. The van der Waals surface area contributed by atoms with Gasteiger partial charge in [0.15, 0.2) is 0 Å². The molecule has 6 heteroatoms. The van der Waals surface area contributed by atoms with Crippen molar-refractivity contribution in [3.05, 3.63) is 17.9 Å². The molecule has 1 heterocycles. The highest BCUT2D eigenvalue weighted by Crippen LogP contribution is 2.34. The first-order valence-corrected chi connectivity index (χ1v) is 5.63. The lowest BCUT2D eigenvalue weighted by atomic mass is 10.5. The number of furan rings is 1. The molecular weight excluding hydrogens is 208 g/mol. The summed E-state index contributed by atoms with van der Waals surface area (Å²) in [5.41, 5.74) is 0. The largest absolute Gasteiger partial charge is 0.475 e. The molecule has 0 atom stereocenters. The van der Waals surface area contributed by atoms with E-state index in [2.05, 4.69) is 0 Å². The summed E-state index contributed by atoms with van der Waals surface area (Å²) in [4.78, 5) is 10.4. The van der Waals surface area contributed by atoms with Gasteiger partial charge in [-0.1, -0.05) is 0 Å². The van der Waals surface area contributed by atoms with Crippen molar-refractivity contribution in [1.82, 2.24) is 0 Å². The van der Waals surface area contributed by atoms with E-state index in [9.17, 15) is 13.2 Å². The average Bonchev–Trinajstić information content (AvgIpc) is 2.82. The lowest BCUT2D eigenvalue weighted by molar-refractivity contribution is 0.0656. The topological polar surface area (TPSA) is 84.6 Å². The molecule has 0 unspecified atom stereocenters. The van der Waals surface area contributed by atoms with Gasteiger partial charge < -0.3 is 9.52 Å². The Morgan fingerprint density at radius 1 is 1.43 bits per heavy atom. The summed E-state index contributed by atoms with van der Waals surface area (Å²) < 4.78 is 27.8. The molecule has 14 heavy (non-hydrogen) atoms. The van der Waals surface area contributed by atoms with Gasteiger partial charge in [-0.2, -0.15) is 0 Å². The molecular formula is C8H8O5S. The van der Waals surface area contributed by atoms with Crippen molar-refractivity contribution in [3.8, 4) is 0 Å². The molecule has 0 amide bonds. The van der Waals surface area contributed by atoms with Crippen molar-refractivity contribution in [1.29, 1.82) is 0 Å². The Kier molecular flexibility index (Phi) is 1.88. The fourth-order valence-corrected chi connectivity index (χ4v) is 2.68. The van der Waals surface area contributed by atoms with E-state index in [1.54, 1.807) is 0 Å². The molecule has 1 fully saturated rings. The SMILES string of the molecule is O=C(O)c1ccc(S(=O)(=O)C2CC2)o1. The second-order valence-electron chi connectivity index (χ2n) is 3.17. The van der Waals surface area contributed by atoms with E-state index < -0.39 is 15.8 Å². The first-order chi connectivity index (χ1) is 6.51. The number of sulfone groups is 1. The van der Waals surface area contributed by atoms with E-state index in [1.165, 1.54) is 6.07 Å². The highest BCUT2D eigenvalue weighted by atomic mass is 32.2. The highest BCUT2D eigenvalue weighted by molar-refractivity contribution is 7.92. The minimum Gasteiger partial charge on any atom is -0.475 e. The van der Waals surface area contributed by atoms with Crippen LogP contribution in [0.2, 0.25) is 0 Å². The summed E-state index contributed by atoms with van der Waals surface area (Å²) in [5.74, 6) is -1.61. The Bertz CT molecular complexity index is 466. The maximum absolute atomic E-state index is 11.5. The van der Waals surface area contributed by atoms with Gasteiger partial charge in [-0.25, -0.2) is 13.2 Å². The molecule has 5 nitrogen and oxygen atoms in total. The van der Waals surface area contributed by atoms with Crippen molar-refractivity contribution in [2.75, 3.05) is 0 Å². The van der Waals surface area contributed by atoms with Gasteiger partial charge in [-0.05, 0) is 25.0 Å². The minimum absolute atomic E-state index is 0.239. The number of rotatable bonds is 3. The van der Waals surface area contributed by atoms with Gasteiger partial charge in [0.05, 0.1) is 5.25 Å². The van der Waals surface area contributed by atoms with Crippen molar-refractivity contribution < 1.29 is 22.7 Å². The van der Waals surface area contributed by atoms with Gasteiger partial charge in [-0.15, -0.1) is 0 Å². The first kappa shape index (κ1) is 9.26. The van der Waals surface area contributed by atoms with Crippen LogP contribution in [0.1, 0.15) is 23.4 Å². The Balaban J connectivity index is 2.37. The average molecular weight is 216 g/mol. The van der Waals surface area contributed by atoms with Crippen LogP contribution >= 0.6 is 0 Å². The van der Waals surface area contributed by atoms with Gasteiger partial charge in [0.25, 0.3) is 0 Å². The standard InChI is InChI=1S/C8H8O5S/c9-8(10)6-3-4-7(13-6)14(11,12)5-1-2-5/h3-5H,1-2H2,(H,9,10). The van der Waals surface area contributed by atoms with E-state index in [-0.39, 0.29) is 16.1 Å². The maximum atomic E-state index is 11.5. The van der Waals surface area contributed by atoms with E-state index in [4.69, 9.17) is 9.52 Å². The normalized spacial score (nSPS) is 16.9. The Morgan fingerprint density at radius 3 is 2.50 bits per heavy atom. The summed E-state index contributed by atoms with van der Waals surface area (Å²) >= 11 is 0. The van der Waals surface area contributed by atoms with E-state index in [1.807, 2.05) is 0 Å². The molecule has 76 valence electrons. The zero-order valence-corrected chi connectivity index (χ0v) is 7.95. The second-order valence-corrected chi connectivity index (χ2v) is 5.33. The van der Waals surface area contributed by atoms with Crippen LogP contribution in [-0.2, 0) is 9.84 Å². The summed E-state index contributed by atoms with van der Waals surface area (Å²) in [5, 5.41) is 7.91. The van der Waals surface area contributed by atoms with E-state index >= 15 is 0 Å². The zero-order chi connectivity index (χ0) is 10.3. The van der Waals surface area contributed by atoms with E-state index in [0.717, 1.165) is 6.07 Å². The summed E-state index contributed by atoms with van der Waals surface area (Å²) in [6.45, 7) is 0. The monoisotopic (exact) mass is 216 g/mol. The summed E-state index contributed by atoms with van der Waals surface area (Å²) in [7, 11) is -3.41. The number of carbonyl (C=O) groups is 1. The zero-order valence-electron chi connectivity index (χ0n) is 7.13. The molecule has 2 rings (SSSR count). The molecule has 1 aromatic heterocycles. The van der Waals surface area contributed by atoms with Crippen LogP contribution in [0.3, 0.4) is 0 Å². The lowest BCUT2D eigenvalue weighted by Crippen LogP contribution is -2.05. The smallest absolute Gasteiger partial charge is 0.371 e. The third kappa shape index (κ3) is 1.41. The molecule has 1 N–H and O–H groups in total. The first-order valence-electron chi connectivity index (χ1n) is 4.09. The van der Waals surface area contributed by atoms with Crippen molar-refractivity contribution in [3.63, 3.8) is 0 Å². The summed E-state index contributed by atoms with van der Waals surface area (Å²) in [6.07, 6.45) is 1.26. The third-order valence-electron chi connectivity index (χ3n) is 2.04. The molecule has 0 aromatic carbocycles. The van der Waals surface area contributed by atoms with Crippen LogP contribution in [0.25, 0.3) is 0 Å². The number of hydrogen-bond acceptors (Lipinski definition) is 4. The fraction of sp³-hybridized carbons (Fsp3) is 0.375. The maximum Gasteiger partial charge on any atom is 0.371 e. The van der Waals surface area contributed by atoms with E-state index in [0.29, 0.717) is 12.8 Å². The van der Waals surface area contributed by atoms with Gasteiger partial charge in [-0.3, -0.25) is 0 Å². The molecule has 1 aliphatic rings. The Labute approximate surface area is 80.3 Å². The third-order valence-corrected chi connectivity index (χ3v) is 4.17. The number of carboxylic acid groups (broad SMARTS) is 1. The highest BCUT2D eigenvalue weighted by Gasteiger charge is 2.39. The molecule has 0 spiro atoms. The fourth-order valence-electron chi connectivity index (χ4n) is 1.13. The van der Waals surface area contributed by atoms with Crippen molar-refractivity contribution in [2.45, 2.75) is 23.2 Å². The predicted octanol–water partition coefficient (Wildman–Crippen LogP) is 0.914. The molecule has 0 aliphatic heterocycles. The van der Waals surface area contributed by atoms with Gasteiger partial charge in [0, 0.05) is 0 Å². The van der Waals surface area contributed by atoms with Crippen molar-refractivity contribution in [2.24, 2.45) is 0 Å². The second kappa shape index (κ2) is 2.84. The van der Waals surface area contributed by atoms with Crippen LogP contribution in [-0.4, -0.2) is 24.7 Å². The lowest BCUT2D eigenvalue weighted by Gasteiger charge is -1.95. The predicted molar refractivity (Wildman–Crippen MR) is 45.9 cm³/mol. The number of carboxylic acids is 1. The van der Waals surface area contributed by atoms with Gasteiger partial charge in [0.2, 0.25) is 20.7 Å². The van der Waals surface area contributed by atoms with Crippen LogP contribution in [0, 0.1) is 0 Å². The molecule has 1 aromatic rings. The Morgan fingerprint density at radius 2 is 2.07 bits per heavy atom. The quantitative estimate of drug-likeness (QED) is 0.811. The summed E-state index contributed by atoms with van der Waals surface area (Å²) in [6, 6.07) is 2.34. The Hall–Kier alpha value is -1.30. The molecule has 1 aliphatic carbocycles.